The van der Waals surface area contributed by atoms with Gasteiger partial charge in [0.05, 0.1) is 11.1 Å². The van der Waals surface area contributed by atoms with Gasteiger partial charge in [0, 0.05) is 47.9 Å². The van der Waals surface area contributed by atoms with Crippen LogP contribution in [0.1, 0.15) is 46.7 Å². The van der Waals surface area contributed by atoms with Crippen molar-refractivity contribution >= 4 is 29.2 Å². The van der Waals surface area contributed by atoms with Crippen molar-refractivity contribution in [2.75, 3.05) is 38.1 Å². The number of benzene rings is 2. The van der Waals surface area contributed by atoms with Crippen LogP contribution in [0.25, 0.3) is 22.8 Å². The van der Waals surface area contributed by atoms with Gasteiger partial charge in [0.1, 0.15) is 0 Å². The largest absolute Gasteiger partial charge is 0.396 e. The summed E-state index contributed by atoms with van der Waals surface area (Å²) < 4.78 is 0. The number of hydrogen-bond donors (Lipinski definition) is 4. The molecule has 2 heterocycles. The van der Waals surface area contributed by atoms with Gasteiger partial charge in [-0.15, -0.1) is 0 Å². The first kappa shape index (κ1) is 25.4. The molecule has 0 unspecified atom stereocenters. The molecular formula is C29H34N4O3. The molecule has 3 aromatic rings. The Hall–Kier alpha value is -3.68. The smallest absolute Gasteiger partial charge is 0.256 e. The van der Waals surface area contributed by atoms with Crippen LogP contribution in [0, 0.1) is 6.92 Å². The van der Waals surface area contributed by atoms with Gasteiger partial charge in [-0.25, -0.2) is 0 Å². The van der Waals surface area contributed by atoms with E-state index in [4.69, 9.17) is 0 Å². The quantitative estimate of drug-likeness (QED) is 0.325. The second-order valence-electron chi connectivity index (χ2n) is 8.89. The predicted octanol–water partition coefficient (Wildman–Crippen LogP) is 4.09. The van der Waals surface area contributed by atoms with E-state index in [0.717, 1.165) is 53.3 Å². The standard InChI is InChI=1S/C29H34N4O3/c1-4-33(5-2)16-15-30-29(36)25-19(3)31-24(27(25)20-10-7-6-8-11-20)18-22-26-21(14-17-34)12-9-13-23(26)32-28(22)35/h6-13,18,31,34H,4-5,14-17H2,1-3H3,(H,30,36)(H,32,35)/b22-18-. The highest BCUT2D eigenvalue weighted by molar-refractivity contribution is 6.35. The van der Waals surface area contributed by atoms with Crippen LogP contribution in [-0.4, -0.2) is 59.6 Å². The zero-order chi connectivity index (χ0) is 25.7. The Labute approximate surface area is 212 Å². The summed E-state index contributed by atoms with van der Waals surface area (Å²) in [6.45, 7) is 9.30. The molecule has 1 aliphatic rings. The first-order valence-corrected chi connectivity index (χ1v) is 12.5. The molecule has 0 fully saturated rings. The fourth-order valence-electron chi connectivity index (χ4n) is 4.84. The van der Waals surface area contributed by atoms with Crippen molar-refractivity contribution in [2.45, 2.75) is 27.2 Å². The van der Waals surface area contributed by atoms with Crippen molar-refractivity contribution in [3.63, 3.8) is 0 Å². The Bertz CT molecular complexity index is 1270. The van der Waals surface area contributed by atoms with Crippen molar-refractivity contribution in [2.24, 2.45) is 0 Å². The number of nitrogens with one attached hydrogen (secondary N) is 3. The first-order valence-electron chi connectivity index (χ1n) is 12.5. The van der Waals surface area contributed by atoms with E-state index in [1.807, 2.05) is 61.5 Å². The number of nitrogens with zero attached hydrogens (tertiary/aromatic N) is 1. The number of aliphatic hydroxyl groups is 1. The molecule has 188 valence electrons. The van der Waals surface area contributed by atoms with Gasteiger partial charge < -0.3 is 25.6 Å². The highest BCUT2D eigenvalue weighted by atomic mass is 16.3. The zero-order valence-electron chi connectivity index (χ0n) is 21.1. The lowest BCUT2D eigenvalue weighted by molar-refractivity contribution is -0.110. The lowest BCUT2D eigenvalue weighted by Crippen LogP contribution is -2.35. The minimum atomic E-state index is -0.202. The highest BCUT2D eigenvalue weighted by Gasteiger charge is 2.28. The molecule has 7 heteroatoms. The van der Waals surface area contributed by atoms with E-state index in [2.05, 4.69) is 34.4 Å². The predicted molar refractivity (Wildman–Crippen MR) is 145 cm³/mol. The van der Waals surface area contributed by atoms with Crippen molar-refractivity contribution in [1.82, 2.24) is 15.2 Å². The molecule has 0 radical (unpaired) electrons. The zero-order valence-corrected chi connectivity index (χ0v) is 21.1. The summed E-state index contributed by atoms with van der Waals surface area (Å²) in [7, 11) is 0. The molecule has 1 aliphatic heterocycles. The molecule has 0 aliphatic carbocycles. The van der Waals surface area contributed by atoms with E-state index in [9.17, 15) is 14.7 Å². The minimum Gasteiger partial charge on any atom is -0.396 e. The number of carbonyl (C=O) groups is 2. The van der Waals surface area contributed by atoms with Gasteiger partial charge in [-0.1, -0.05) is 56.3 Å². The topological polar surface area (TPSA) is 97.5 Å². The number of aliphatic hydroxyl groups excluding tert-OH is 1. The number of anilines is 1. The summed E-state index contributed by atoms with van der Waals surface area (Å²) >= 11 is 0. The molecule has 0 bridgehead atoms. The van der Waals surface area contributed by atoms with E-state index in [1.165, 1.54) is 0 Å². The van der Waals surface area contributed by atoms with E-state index < -0.39 is 0 Å². The maximum atomic E-state index is 13.4. The van der Waals surface area contributed by atoms with Gasteiger partial charge >= 0.3 is 0 Å². The normalized spacial score (nSPS) is 13.8. The molecule has 36 heavy (non-hydrogen) atoms. The van der Waals surface area contributed by atoms with Crippen molar-refractivity contribution in [3.05, 3.63) is 76.6 Å². The Balaban J connectivity index is 1.78. The van der Waals surface area contributed by atoms with Gasteiger partial charge in [0.25, 0.3) is 11.8 Å². The van der Waals surface area contributed by atoms with Gasteiger partial charge in [0.2, 0.25) is 0 Å². The minimum absolute atomic E-state index is 0.00733. The van der Waals surface area contributed by atoms with Crippen LogP contribution >= 0.6 is 0 Å². The number of aromatic nitrogens is 1. The second-order valence-corrected chi connectivity index (χ2v) is 8.89. The monoisotopic (exact) mass is 486 g/mol. The van der Waals surface area contributed by atoms with Gasteiger partial charge in [-0.05, 0) is 49.7 Å². The fourth-order valence-corrected chi connectivity index (χ4v) is 4.84. The van der Waals surface area contributed by atoms with Gasteiger partial charge in [0.15, 0.2) is 0 Å². The van der Waals surface area contributed by atoms with E-state index in [0.29, 0.717) is 29.8 Å². The lowest BCUT2D eigenvalue weighted by Gasteiger charge is -2.18. The highest BCUT2D eigenvalue weighted by Crippen LogP contribution is 2.38. The number of amides is 2. The molecule has 4 N–H and O–H groups in total. The van der Waals surface area contributed by atoms with Gasteiger partial charge in [-0.2, -0.15) is 0 Å². The lowest BCUT2D eigenvalue weighted by atomic mass is 9.95. The second kappa shape index (κ2) is 11.4. The molecule has 0 saturated carbocycles. The molecule has 1 aromatic heterocycles. The van der Waals surface area contributed by atoms with Crippen LogP contribution in [0.4, 0.5) is 5.69 Å². The van der Waals surface area contributed by atoms with Crippen LogP contribution in [-0.2, 0) is 11.2 Å². The maximum absolute atomic E-state index is 13.4. The summed E-state index contributed by atoms with van der Waals surface area (Å²) in [5, 5.41) is 15.6. The summed E-state index contributed by atoms with van der Waals surface area (Å²) in [5.74, 6) is -0.344. The molecule has 0 saturated heterocycles. The van der Waals surface area contributed by atoms with Crippen LogP contribution in [0.15, 0.2) is 48.5 Å². The Morgan fingerprint density at radius 2 is 1.81 bits per heavy atom. The van der Waals surface area contributed by atoms with Gasteiger partial charge in [-0.3, -0.25) is 9.59 Å². The molecule has 2 amide bonds. The molecule has 2 aromatic carbocycles. The summed E-state index contributed by atoms with van der Waals surface area (Å²) in [4.78, 5) is 32.0. The molecular weight excluding hydrogens is 452 g/mol. The number of hydrogen-bond acceptors (Lipinski definition) is 4. The number of carbonyl (C=O) groups excluding carboxylic acids is 2. The summed E-state index contributed by atoms with van der Waals surface area (Å²) in [5.41, 5.74) is 6.62. The fraction of sp³-hybridized carbons (Fsp3) is 0.310. The van der Waals surface area contributed by atoms with Crippen LogP contribution in [0.3, 0.4) is 0 Å². The average molecular weight is 487 g/mol. The number of aryl methyl sites for hydroxylation is 1. The van der Waals surface area contributed by atoms with Crippen LogP contribution < -0.4 is 10.6 Å². The SMILES string of the molecule is CCN(CC)CCNC(=O)c1c(C)[nH]c(/C=C2\C(=O)Nc3cccc(CCO)c32)c1-c1ccccc1. The third kappa shape index (κ3) is 5.12. The van der Waals surface area contributed by atoms with Crippen molar-refractivity contribution in [3.8, 4) is 11.1 Å². The van der Waals surface area contributed by atoms with Crippen LogP contribution in [0.5, 0.6) is 0 Å². The number of fused-ring (bicyclic) bond motifs is 1. The van der Waals surface area contributed by atoms with Crippen LogP contribution in [0.2, 0.25) is 0 Å². The molecule has 7 nitrogen and oxygen atoms in total. The molecule has 4 rings (SSSR count). The third-order valence-corrected chi connectivity index (χ3v) is 6.70. The number of aromatic amines is 1. The van der Waals surface area contributed by atoms with E-state index >= 15 is 0 Å². The van der Waals surface area contributed by atoms with Crippen molar-refractivity contribution in [1.29, 1.82) is 0 Å². The van der Waals surface area contributed by atoms with Crippen molar-refractivity contribution < 1.29 is 14.7 Å². The molecule has 0 spiro atoms. The van der Waals surface area contributed by atoms with E-state index in [1.54, 1.807) is 0 Å². The first-order chi connectivity index (χ1) is 17.5. The Morgan fingerprint density at radius 1 is 1.06 bits per heavy atom. The Kier molecular flexibility index (Phi) is 8.03. The summed E-state index contributed by atoms with van der Waals surface area (Å²) in [6.07, 6.45) is 2.27. The molecule has 0 atom stereocenters. The average Bonchev–Trinajstić information content (AvgIpc) is 3.38. The maximum Gasteiger partial charge on any atom is 0.256 e. The number of H-pyrrole nitrogens is 1. The third-order valence-electron chi connectivity index (χ3n) is 6.70. The summed E-state index contributed by atoms with van der Waals surface area (Å²) in [6, 6.07) is 15.4. The number of likely N-dealkylation sites (N-methyl/N-ethyl adjacent to an activating group) is 1. The van der Waals surface area contributed by atoms with E-state index in [-0.39, 0.29) is 18.4 Å². The number of rotatable bonds is 10. The Morgan fingerprint density at radius 3 is 2.50 bits per heavy atom.